The molecule has 0 aromatic heterocycles. The van der Waals surface area contributed by atoms with Crippen LogP contribution in [0.2, 0.25) is 0 Å². The maximum absolute atomic E-state index is 11.7. The zero-order valence-corrected chi connectivity index (χ0v) is 15.9. The van der Waals surface area contributed by atoms with Gasteiger partial charge >= 0.3 is 0 Å². The summed E-state index contributed by atoms with van der Waals surface area (Å²) in [4.78, 5) is 14.0. The van der Waals surface area contributed by atoms with Crippen molar-refractivity contribution >= 4 is 11.6 Å². The number of hydrogen-bond donors (Lipinski definition) is 1. The Hall–Kier alpha value is -1.59. The molecule has 3 fully saturated rings. The highest BCUT2D eigenvalue weighted by molar-refractivity contribution is 5.73. The molecule has 1 aliphatic carbocycles. The number of fused-ring (bicyclic) bond motifs is 1. The van der Waals surface area contributed by atoms with E-state index in [4.69, 9.17) is 9.47 Å². The van der Waals surface area contributed by atoms with Crippen LogP contribution in [0, 0.1) is 12.8 Å². The summed E-state index contributed by atoms with van der Waals surface area (Å²) >= 11 is 0. The van der Waals surface area contributed by atoms with Crippen LogP contribution < -0.4 is 10.2 Å². The summed E-state index contributed by atoms with van der Waals surface area (Å²) in [5.74, 6) is 0.545. The van der Waals surface area contributed by atoms with Crippen LogP contribution in [0.5, 0.6) is 0 Å². The Kier molecular flexibility index (Phi) is 5.18. The highest BCUT2D eigenvalue weighted by atomic mass is 16.5. The average molecular weight is 358 g/mol. The van der Waals surface area contributed by atoms with E-state index < -0.39 is 0 Å². The van der Waals surface area contributed by atoms with Gasteiger partial charge in [-0.2, -0.15) is 0 Å². The number of nitrogens with zero attached hydrogens (tertiary/aromatic N) is 1. The van der Waals surface area contributed by atoms with Gasteiger partial charge in [0.15, 0.2) is 0 Å². The van der Waals surface area contributed by atoms with Crippen molar-refractivity contribution in [3.05, 3.63) is 29.3 Å². The Morgan fingerprint density at radius 1 is 1.23 bits per heavy atom. The number of carbonyl (C=O) groups is 1. The minimum absolute atomic E-state index is 0.0701. The van der Waals surface area contributed by atoms with Gasteiger partial charge in [-0.05, 0) is 49.4 Å². The maximum atomic E-state index is 11.7. The second kappa shape index (κ2) is 7.57. The molecule has 5 nitrogen and oxygen atoms in total. The summed E-state index contributed by atoms with van der Waals surface area (Å²) in [5.41, 5.74) is 3.81. The Labute approximate surface area is 156 Å². The first-order chi connectivity index (χ1) is 12.6. The van der Waals surface area contributed by atoms with Gasteiger partial charge in [0.25, 0.3) is 0 Å². The van der Waals surface area contributed by atoms with Crippen LogP contribution >= 0.6 is 0 Å². The van der Waals surface area contributed by atoms with Crippen molar-refractivity contribution in [1.29, 1.82) is 0 Å². The number of nitrogens with one attached hydrogen (secondary N) is 1. The van der Waals surface area contributed by atoms with Gasteiger partial charge in [0, 0.05) is 37.7 Å². The molecule has 4 rings (SSSR count). The average Bonchev–Trinajstić information content (AvgIpc) is 3.11. The molecule has 3 aliphatic rings. The Balaban J connectivity index is 1.53. The molecule has 1 saturated carbocycles. The van der Waals surface area contributed by atoms with E-state index in [0.29, 0.717) is 5.92 Å². The molecule has 142 valence electrons. The molecule has 0 radical (unpaired) electrons. The van der Waals surface area contributed by atoms with Gasteiger partial charge in [-0.1, -0.05) is 12.5 Å². The van der Waals surface area contributed by atoms with Crippen LogP contribution in [0.15, 0.2) is 18.2 Å². The zero-order valence-electron chi connectivity index (χ0n) is 15.9. The molecule has 2 aliphatic heterocycles. The van der Waals surface area contributed by atoms with E-state index in [2.05, 4.69) is 35.3 Å². The number of anilines is 1. The molecule has 0 spiro atoms. The number of rotatable bonds is 3. The number of morpholine rings is 1. The molecular formula is C21H30N2O3. The van der Waals surface area contributed by atoms with E-state index >= 15 is 0 Å². The van der Waals surface area contributed by atoms with Crippen molar-refractivity contribution in [1.82, 2.24) is 5.32 Å². The van der Waals surface area contributed by atoms with E-state index in [1.54, 1.807) is 6.92 Å². The molecule has 1 N–H and O–H groups in total. The van der Waals surface area contributed by atoms with Crippen molar-refractivity contribution in [2.24, 2.45) is 5.92 Å². The maximum Gasteiger partial charge on any atom is 0.217 e. The van der Waals surface area contributed by atoms with Crippen molar-refractivity contribution in [2.45, 2.75) is 57.8 Å². The first-order valence-electron chi connectivity index (χ1n) is 9.97. The monoisotopic (exact) mass is 358 g/mol. The van der Waals surface area contributed by atoms with Crippen LogP contribution in [0.1, 0.15) is 49.8 Å². The number of carbonyl (C=O) groups excluding carboxylic acids is 1. The fourth-order valence-electron chi connectivity index (χ4n) is 4.92. The van der Waals surface area contributed by atoms with Crippen LogP contribution in [0.4, 0.5) is 5.69 Å². The fraction of sp³-hybridized carbons (Fsp3) is 0.667. The molecule has 1 aromatic rings. The normalized spacial score (nSPS) is 31.5. The lowest BCUT2D eigenvalue weighted by Gasteiger charge is -2.40. The minimum Gasteiger partial charge on any atom is -0.378 e. The van der Waals surface area contributed by atoms with Gasteiger partial charge in [0.1, 0.15) is 0 Å². The smallest absolute Gasteiger partial charge is 0.217 e. The fourth-order valence-corrected chi connectivity index (χ4v) is 4.92. The third kappa shape index (κ3) is 3.60. The molecule has 1 aromatic carbocycles. The number of amides is 1. The van der Waals surface area contributed by atoms with Gasteiger partial charge in [-0.15, -0.1) is 0 Å². The quantitative estimate of drug-likeness (QED) is 0.903. The van der Waals surface area contributed by atoms with Gasteiger partial charge in [0.2, 0.25) is 5.91 Å². The second-order valence-corrected chi connectivity index (χ2v) is 7.94. The van der Waals surface area contributed by atoms with Crippen LogP contribution in [0.3, 0.4) is 0 Å². The zero-order chi connectivity index (χ0) is 18.1. The predicted molar refractivity (Wildman–Crippen MR) is 101 cm³/mol. The van der Waals surface area contributed by atoms with Crippen LogP contribution in [-0.4, -0.2) is 44.4 Å². The third-order valence-electron chi connectivity index (χ3n) is 6.19. The number of hydrogen-bond acceptors (Lipinski definition) is 4. The summed E-state index contributed by atoms with van der Waals surface area (Å²) in [5, 5.41) is 3.19. The summed E-state index contributed by atoms with van der Waals surface area (Å²) < 4.78 is 11.9. The van der Waals surface area contributed by atoms with Crippen LogP contribution in [-0.2, 0) is 14.3 Å². The van der Waals surface area contributed by atoms with Crippen LogP contribution in [0.25, 0.3) is 0 Å². The molecule has 0 bridgehead atoms. The third-order valence-corrected chi connectivity index (χ3v) is 6.19. The Morgan fingerprint density at radius 2 is 2.04 bits per heavy atom. The highest BCUT2D eigenvalue weighted by Crippen LogP contribution is 2.43. The predicted octanol–water partition coefficient (Wildman–Crippen LogP) is 2.97. The van der Waals surface area contributed by atoms with Crippen molar-refractivity contribution in [2.75, 3.05) is 31.2 Å². The van der Waals surface area contributed by atoms with E-state index in [9.17, 15) is 4.79 Å². The molecule has 1 amide bonds. The Morgan fingerprint density at radius 3 is 2.77 bits per heavy atom. The van der Waals surface area contributed by atoms with E-state index in [1.165, 1.54) is 23.2 Å². The largest absolute Gasteiger partial charge is 0.378 e. The minimum atomic E-state index is 0.0701. The first kappa shape index (κ1) is 17.8. The number of ether oxygens (including phenoxy) is 2. The van der Waals surface area contributed by atoms with Crippen molar-refractivity contribution < 1.29 is 14.3 Å². The molecule has 26 heavy (non-hydrogen) atoms. The molecule has 2 saturated heterocycles. The van der Waals surface area contributed by atoms with E-state index in [0.717, 1.165) is 45.6 Å². The molecular weight excluding hydrogens is 328 g/mol. The van der Waals surface area contributed by atoms with E-state index in [-0.39, 0.29) is 24.2 Å². The molecule has 2 heterocycles. The lowest BCUT2D eigenvalue weighted by atomic mass is 9.85. The Bertz CT molecular complexity index is 657. The molecule has 5 heteroatoms. The number of aryl methyl sites for hydroxylation is 1. The van der Waals surface area contributed by atoms with Gasteiger partial charge < -0.3 is 19.7 Å². The standard InChI is InChI=1S/C21H30N2O3/c1-14-12-16(23-8-10-25-11-9-23)6-7-17(14)21-13-19(22-15(2)24)18-4-3-5-20(18)26-21/h6-7,12,18-21H,3-5,8-11,13H2,1-2H3,(H,22,24)/t18-,19+,20+,21+/m0/s1. The molecule has 0 unspecified atom stereocenters. The lowest BCUT2D eigenvalue weighted by molar-refractivity contribution is -0.124. The van der Waals surface area contributed by atoms with E-state index in [1.807, 2.05) is 0 Å². The summed E-state index contributed by atoms with van der Waals surface area (Å²) in [6.07, 6.45) is 4.71. The second-order valence-electron chi connectivity index (χ2n) is 7.94. The summed E-state index contributed by atoms with van der Waals surface area (Å²) in [6, 6.07) is 6.95. The first-order valence-corrected chi connectivity index (χ1v) is 9.97. The van der Waals surface area contributed by atoms with Gasteiger partial charge in [0.05, 0.1) is 25.4 Å². The number of benzene rings is 1. The lowest BCUT2D eigenvalue weighted by Crippen LogP contribution is -2.47. The van der Waals surface area contributed by atoms with Gasteiger partial charge in [-0.25, -0.2) is 0 Å². The topological polar surface area (TPSA) is 50.8 Å². The molecule has 4 atom stereocenters. The highest BCUT2D eigenvalue weighted by Gasteiger charge is 2.42. The summed E-state index contributed by atoms with van der Waals surface area (Å²) in [6.45, 7) is 7.30. The van der Waals surface area contributed by atoms with Gasteiger partial charge in [-0.3, -0.25) is 4.79 Å². The summed E-state index contributed by atoms with van der Waals surface area (Å²) in [7, 11) is 0. The SMILES string of the molecule is CC(=O)N[C@@H]1C[C@H](c2ccc(N3CCOCC3)cc2C)O[C@@H]2CCC[C@@H]12. The van der Waals surface area contributed by atoms with Crippen molar-refractivity contribution in [3.8, 4) is 0 Å². The van der Waals surface area contributed by atoms with Crippen molar-refractivity contribution in [3.63, 3.8) is 0 Å².